The lowest BCUT2D eigenvalue weighted by Gasteiger charge is -2.23. The minimum absolute atomic E-state index is 0.180. The number of benzene rings is 1. The maximum Gasteiger partial charge on any atom is 0.0409 e. The second-order valence-electron chi connectivity index (χ2n) is 5.65. The molecule has 102 valence electrons. The molecule has 0 aliphatic heterocycles. The lowest BCUT2D eigenvalue weighted by molar-refractivity contribution is 0.408. The molecule has 0 saturated carbocycles. The molecule has 0 saturated heterocycles. The summed E-state index contributed by atoms with van der Waals surface area (Å²) in [5.41, 5.74) is 1.44. The first-order chi connectivity index (χ1) is 8.42. The lowest BCUT2D eigenvalue weighted by Crippen LogP contribution is -2.40. The maximum atomic E-state index is 6.03. The first-order valence-electron chi connectivity index (χ1n) is 6.66. The second-order valence-corrected chi connectivity index (χ2v) is 6.08. The van der Waals surface area contributed by atoms with Crippen LogP contribution in [0.25, 0.3) is 0 Å². The van der Waals surface area contributed by atoms with Crippen molar-refractivity contribution in [2.45, 2.75) is 45.7 Å². The van der Waals surface area contributed by atoms with Crippen LogP contribution in [0.3, 0.4) is 0 Å². The minimum Gasteiger partial charge on any atom is -0.311 e. The molecule has 1 unspecified atom stereocenters. The van der Waals surface area contributed by atoms with Gasteiger partial charge in [-0.1, -0.05) is 30.7 Å². The molecule has 0 radical (unpaired) electrons. The van der Waals surface area contributed by atoms with Crippen molar-refractivity contribution in [2.75, 3.05) is 13.1 Å². The molecular weight excluding hydrogens is 244 g/mol. The van der Waals surface area contributed by atoms with Gasteiger partial charge < -0.3 is 10.6 Å². The third-order valence-corrected chi connectivity index (χ3v) is 3.07. The molecule has 3 heteroatoms. The van der Waals surface area contributed by atoms with E-state index in [1.54, 1.807) is 0 Å². The normalized spacial score (nSPS) is 13.6. The van der Waals surface area contributed by atoms with E-state index in [1.165, 1.54) is 5.56 Å². The van der Waals surface area contributed by atoms with Gasteiger partial charge in [0.2, 0.25) is 0 Å². The summed E-state index contributed by atoms with van der Waals surface area (Å²) in [6.45, 7) is 10.7. The smallest absolute Gasteiger partial charge is 0.0409 e. The summed E-state index contributed by atoms with van der Waals surface area (Å²) in [6.07, 6.45) is 1.07. The Morgan fingerprint density at radius 2 is 1.94 bits per heavy atom. The van der Waals surface area contributed by atoms with Gasteiger partial charge in [-0.2, -0.15) is 0 Å². The molecule has 18 heavy (non-hydrogen) atoms. The summed E-state index contributed by atoms with van der Waals surface area (Å²) in [5, 5.41) is 7.85. The van der Waals surface area contributed by atoms with Crippen molar-refractivity contribution in [3.05, 3.63) is 34.9 Å². The average Bonchev–Trinajstić information content (AvgIpc) is 2.27. The quantitative estimate of drug-likeness (QED) is 0.768. The molecule has 0 bridgehead atoms. The number of hydrogen-bond donors (Lipinski definition) is 2. The Morgan fingerprint density at radius 3 is 2.50 bits per heavy atom. The molecule has 0 aliphatic carbocycles. The van der Waals surface area contributed by atoms with Crippen molar-refractivity contribution in [1.29, 1.82) is 0 Å². The molecule has 0 heterocycles. The van der Waals surface area contributed by atoms with Crippen LogP contribution in [-0.2, 0) is 0 Å². The van der Waals surface area contributed by atoms with Gasteiger partial charge in [0, 0.05) is 29.7 Å². The maximum absolute atomic E-state index is 6.03. The van der Waals surface area contributed by atoms with E-state index in [9.17, 15) is 0 Å². The third-order valence-electron chi connectivity index (χ3n) is 2.83. The SMILES string of the molecule is CCC(NCCNC(C)(C)C)c1cccc(Cl)c1. The first kappa shape index (κ1) is 15.5. The lowest BCUT2D eigenvalue weighted by atomic mass is 10.0. The molecule has 1 atom stereocenters. The van der Waals surface area contributed by atoms with Gasteiger partial charge in [-0.3, -0.25) is 0 Å². The molecule has 0 fully saturated rings. The van der Waals surface area contributed by atoms with E-state index >= 15 is 0 Å². The highest BCUT2D eigenvalue weighted by Crippen LogP contribution is 2.19. The molecular formula is C15H25ClN2. The molecule has 2 nitrogen and oxygen atoms in total. The fourth-order valence-corrected chi connectivity index (χ4v) is 2.10. The molecule has 0 amide bonds. The molecule has 0 aromatic heterocycles. The van der Waals surface area contributed by atoms with E-state index in [0.717, 1.165) is 24.5 Å². The monoisotopic (exact) mass is 268 g/mol. The standard InChI is InChI=1S/C15H25ClN2/c1-5-14(12-7-6-8-13(16)11-12)17-9-10-18-15(2,3)4/h6-8,11,14,17-18H,5,9-10H2,1-4H3. The van der Waals surface area contributed by atoms with Crippen LogP contribution in [0.2, 0.25) is 5.02 Å². The van der Waals surface area contributed by atoms with Crippen molar-refractivity contribution >= 4 is 11.6 Å². The van der Waals surface area contributed by atoms with E-state index in [-0.39, 0.29) is 5.54 Å². The van der Waals surface area contributed by atoms with Crippen LogP contribution in [0.5, 0.6) is 0 Å². The Hall–Kier alpha value is -0.570. The predicted octanol–water partition coefficient (Wildman–Crippen LogP) is 3.77. The van der Waals surface area contributed by atoms with Gasteiger partial charge in [0.05, 0.1) is 0 Å². The highest BCUT2D eigenvalue weighted by atomic mass is 35.5. The minimum atomic E-state index is 0.180. The zero-order chi connectivity index (χ0) is 13.6. The molecule has 0 aliphatic rings. The predicted molar refractivity (Wildman–Crippen MR) is 80.2 cm³/mol. The first-order valence-corrected chi connectivity index (χ1v) is 7.04. The summed E-state index contributed by atoms with van der Waals surface area (Å²) >= 11 is 6.03. The zero-order valence-corrected chi connectivity index (χ0v) is 12.6. The Morgan fingerprint density at radius 1 is 1.22 bits per heavy atom. The van der Waals surface area contributed by atoms with Gasteiger partial charge in [-0.15, -0.1) is 0 Å². The van der Waals surface area contributed by atoms with Crippen LogP contribution in [-0.4, -0.2) is 18.6 Å². The van der Waals surface area contributed by atoms with Crippen LogP contribution < -0.4 is 10.6 Å². The van der Waals surface area contributed by atoms with Crippen molar-refractivity contribution < 1.29 is 0 Å². The molecule has 2 N–H and O–H groups in total. The topological polar surface area (TPSA) is 24.1 Å². The van der Waals surface area contributed by atoms with Gasteiger partial charge >= 0.3 is 0 Å². The van der Waals surface area contributed by atoms with Crippen LogP contribution in [0.15, 0.2) is 24.3 Å². The second kappa shape index (κ2) is 7.13. The fraction of sp³-hybridized carbons (Fsp3) is 0.600. The Labute approximate surface area is 116 Å². The fourth-order valence-electron chi connectivity index (χ4n) is 1.91. The number of hydrogen-bond acceptors (Lipinski definition) is 2. The van der Waals surface area contributed by atoms with Crippen LogP contribution in [0.1, 0.15) is 45.7 Å². The van der Waals surface area contributed by atoms with E-state index in [1.807, 2.05) is 18.2 Å². The largest absolute Gasteiger partial charge is 0.311 e. The molecule has 0 spiro atoms. The van der Waals surface area contributed by atoms with Crippen molar-refractivity contribution in [3.8, 4) is 0 Å². The highest BCUT2D eigenvalue weighted by molar-refractivity contribution is 6.30. The van der Waals surface area contributed by atoms with Crippen molar-refractivity contribution in [2.24, 2.45) is 0 Å². The summed E-state index contributed by atoms with van der Waals surface area (Å²) < 4.78 is 0. The summed E-state index contributed by atoms with van der Waals surface area (Å²) in [5.74, 6) is 0. The summed E-state index contributed by atoms with van der Waals surface area (Å²) in [6, 6.07) is 8.48. The van der Waals surface area contributed by atoms with E-state index in [2.05, 4.69) is 44.4 Å². The van der Waals surface area contributed by atoms with Gasteiger partial charge in [-0.25, -0.2) is 0 Å². The molecule has 1 aromatic rings. The summed E-state index contributed by atoms with van der Waals surface area (Å²) in [7, 11) is 0. The zero-order valence-electron chi connectivity index (χ0n) is 11.9. The number of rotatable bonds is 6. The summed E-state index contributed by atoms with van der Waals surface area (Å²) in [4.78, 5) is 0. The number of halogens is 1. The number of nitrogens with one attached hydrogen (secondary N) is 2. The van der Waals surface area contributed by atoms with Crippen LogP contribution in [0, 0.1) is 0 Å². The Balaban J connectivity index is 2.43. The van der Waals surface area contributed by atoms with Gasteiger partial charge in [0.15, 0.2) is 0 Å². The van der Waals surface area contributed by atoms with Crippen molar-refractivity contribution in [1.82, 2.24) is 10.6 Å². The van der Waals surface area contributed by atoms with Crippen LogP contribution >= 0.6 is 11.6 Å². The van der Waals surface area contributed by atoms with Crippen LogP contribution in [0.4, 0.5) is 0 Å². The van der Waals surface area contributed by atoms with E-state index in [0.29, 0.717) is 6.04 Å². The average molecular weight is 269 g/mol. The van der Waals surface area contributed by atoms with Gasteiger partial charge in [0.25, 0.3) is 0 Å². The van der Waals surface area contributed by atoms with Gasteiger partial charge in [-0.05, 0) is 44.9 Å². The highest BCUT2D eigenvalue weighted by Gasteiger charge is 2.10. The van der Waals surface area contributed by atoms with E-state index < -0.39 is 0 Å². The Bertz CT molecular complexity index is 358. The van der Waals surface area contributed by atoms with Gasteiger partial charge in [0.1, 0.15) is 0 Å². The van der Waals surface area contributed by atoms with Crippen molar-refractivity contribution in [3.63, 3.8) is 0 Å². The molecule has 1 rings (SSSR count). The third kappa shape index (κ3) is 5.85. The Kier molecular flexibility index (Phi) is 6.13. The molecule has 1 aromatic carbocycles. The van der Waals surface area contributed by atoms with E-state index in [4.69, 9.17) is 11.6 Å².